The van der Waals surface area contributed by atoms with Crippen molar-refractivity contribution in [3.8, 4) is 0 Å². The maximum absolute atomic E-state index is 7.12. The summed E-state index contributed by atoms with van der Waals surface area (Å²) in [6.45, 7) is 0. The molecular formula is C6H6CuN6. The summed E-state index contributed by atoms with van der Waals surface area (Å²) in [5.41, 5.74) is -2.74. The average molecular weight is 226 g/mol. The first-order valence-electron chi connectivity index (χ1n) is 3.00. The van der Waals surface area contributed by atoms with Gasteiger partial charge in [-0.25, -0.2) is 0 Å². The van der Waals surface area contributed by atoms with E-state index < -0.39 is 34.3 Å². The Morgan fingerprint density at radius 1 is 0.385 bits per heavy atom. The molecule has 0 saturated heterocycles. The van der Waals surface area contributed by atoms with Gasteiger partial charge in [0.2, 0.25) is 0 Å². The van der Waals surface area contributed by atoms with Gasteiger partial charge in [0.05, 0.1) is 0 Å². The molecule has 7 heteroatoms. The van der Waals surface area contributed by atoms with E-state index >= 15 is 0 Å². The Kier molecular flexibility index (Phi) is 3.11. The molecule has 1 radical (unpaired) electrons. The summed E-state index contributed by atoms with van der Waals surface area (Å²) in [4.78, 5) is 0. The van der Waals surface area contributed by atoms with Crippen molar-refractivity contribution in [1.29, 1.82) is 32.5 Å². The van der Waals surface area contributed by atoms with Gasteiger partial charge < -0.3 is 0 Å². The number of rotatable bonds is 0. The quantitative estimate of drug-likeness (QED) is 0.311. The molecule has 0 aromatic heterocycles. The van der Waals surface area contributed by atoms with Gasteiger partial charge >= 0.3 is 0 Å². The van der Waals surface area contributed by atoms with Crippen LogP contribution in [0.5, 0.6) is 0 Å². The monoisotopic (exact) mass is 225 g/mol. The first-order chi connectivity index (χ1) is 5.46. The van der Waals surface area contributed by atoms with E-state index in [1.807, 2.05) is 0 Å². The Labute approximate surface area is 84.3 Å². The third-order valence-electron chi connectivity index (χ3n) is 1.50. The van der Waals surface area contributed by atoms with Crippen LogP contribution in [0, 0.1) is 32.5 Å². The molecule has 1 aliphatic carbocycles. The fourth-order valence-electron chi connectivity index (χ4n) is 0.750. The zero-order valence-electron chi connectivity index (χ0n) is 6.30. The molecule has 0 spiro atoms. The maximum atomic E-state index is 7.12. The Bertz CT molecular complexity index is 248. The molecule has 1 aliphatic rings. The molecule has 0 unspecified atom stereocenters. The van der Waals surface area contributed by atoms with Crippen molar-refractivity contribution in [3.05, 3.63) is 0 Å². The molecule has 0 heterocycles. The SMILES string of the molecule is N=C1C(=N)C(=N)C(=N)C(=N)C1=N.[Cu]. The van der Waals surface area contributed by atoms with Crippen molar-refractivity contribution in [1.82, 2.24) is 0 Å². The molecule has 1 saturated carbocycles. The molecular weight excluding hydrogens is 220 g/mol. The van der Waals surface area contributed by atoms with E-state index in [0.717, 1.165) is 0 Å². The topological polar surface area (TPSA) is 143 Å². The second-order valence-electron chi connectivity index (χ2n) is 2.25. The van der Waals surface area contributed by atoms with Gasteiger partial charge in [-0.3, -0.25) is 32.5 Å². The largest absolute Gasteiger partial charge is 0.296 e. The minimum Gasteiger partial charge on any atom is -0.296 e. The minimum atomic E-state index is -0.457. The van der Waals surface area contributed by atoms with E-state index in [9.17, 15) is 0 Å². The van der Waals surface area contributed by atoms with Crippen molar-refractivity contribution in [2.45, 2.75) is 0 Å². The molecule has 0 amide bonds. The number of hydrogen-bond acceptors (Lipinski definition) is 6. The predicted molar refractivity (Wildman–Crippen MR) is 46.4 cm³/mol. The van der Waals surface area contributed by atoms with Crippen LogP contribution in [0.3, 0.4) is 0 Å². The van der Waals surface area contributed by atoms with Gasteiger partial charge in [-0.1, -0.05) is 0 Å². The molecule has 0 aliphatic heterocycles. The van der Waals surface area contributed by atoms with Gasteiger partial charge in [0.25, 0.3) is 0 Å². The molecule has 71 valence electrons. The van der Waals surface area contributed by atoms with E-state index in [4.69, 9.17) is 32.5 Å². The molecule has 0 aromatic carbocycles. The number of hydrogen-bond donors (Lipinski definition) is 6. The van der Waals surface area contributed by atoms with Gasteiger partial charge in [0, 0.05) is 17.1 Å². The van der Waals surface area contributed by atoms with Gasteiger partial charge in [-0.15, -0.1) is 0 Å². The summed E-state index contributed by atoms with van der Waals surface area (Å²) in [6, 6.07) is 0. The zero-order valence-corrected chi connectivity index (χ0v) is 7.24. The van der Waals surface area contributed by atoms with Crippen LogP contribution in [0.15, 0.2) is 0 Å². The van der Waals surface area contributed by atoms with E-state index in [0.29, 0.717) is 0 Å². The summed E-state index contributed by atoms with van der Waals surface area (Å²) in [7, 11) is 0. The summed E-state index contributed by atoms with van der Waals surface area (Å²) in [5, 5.41) is 42.7. The van der Waals surface area contributed by atoms with Crippen LogP contribution >= 0.6 is 0 Å². The summed E-state index contributed by atoms with van der Waals surface area (Å²) < 4.78 is 0. The molecule has 0 aromatic rings. The Morgan fingerprint density at radius 3 is 0.538 bits per heavy atom. The molecule has 0 atom stereocenters. The molecule has 1 fully saturated rings. The third-order valence-corrected chi connectivity index (χ3v) is 1.50. The van der Waals surface area contributed by atoms with Crippen molar-refractivity contribution in [2.24, 2.45) is 0 Å². The van der Waals surface area contributed by atoms with Crippen LogP contribution in [0.4, 0.5) is 0 Å². The smallest absolute Gasteiger partial charge is 0.109 e. The van der Waals surface area contributed by atoms with Crippen molar-refractivity contribution in [3.63, 3.8) is 0 Å². The normalized spacial score (nSPS) is 17.5. The second kappa shape index (κ2) is 3.51. The maximum Gasteiger partial charge on any atom is 0.109 e. The van der Waals surface area contributed by atoms with Crippen molar-refractivity contribution >= 4 is 34.3 Å². The third kappa shape index (κ3) is 1.51. The predicted octanol–water partition coefficient (Wildman–Crippen LogP) is 0.116. The molecule has 6 nitrogen and oxygen atoms in total. The minimum absolute atomic E-state index is 0. The van der Waals surface area contributed by atoms with Gasteiger partial charge in [0.1, 0.15) is 34.3 Å². The number of nitrogens with one attached hydrogen (secondary N) is 6. The Hall–Kier alpha value is -1.46. The van der Waals surface area contributed by atoms with E-state index in [1.54, 1.807) is 0 Å². The van der Waals surface area contributed by atoms with Gasteiger partial charge in [-0.2, -0.15) is 0 Å². The van der Waals surface area contributed by atoms with Crippen LogP contribution in [0.2, 0.25) is 0 Å². The second-order valence-corrected chi connectivity index (χ2v) is 2.25. The van der Waals surface area contributed by atoms with Crippen LogP contribution in [-0.2, 0) is 17.1 Å². The first kappa shape index (κ1) is 11.5. The summed E-state index contributed by atoms with van der Waals surface area (Å²) >= 11 is 0. The average Bonchev–Trinajstić information content (AvgIpc) is 2.08. The molecule has 6 N–H and O–H groups in total. The fourth-order valence-corrected chi connectivity index (χ4v) is 0.750. The van der Waals surface area contributed by atoms with Crippen LogP contribution in [0.25, 0.3) is 0 Å². The summed E-state index contributed by atoms with van der Waals surface area (Å²) in [6.07, 6.45) is 0. The summed E-state index contributed by atoms with van der Waals surface area (Å²) in [5.74, 6) is 0. The van der Waals surface area contributed by atoms with E-state index in [1.165, 1.54) is 0 Å². The van der Waals surface area contributed by atoms with E-state index in [-0.39, 0.29) is 17.1 Å². The van der Waals surface area contributed by atoms with Gasteiger partial charge in [0.15, 0.2) is 0 Å². The Balaban J connectivity index is 0.00000144. The van der Waals surface area contributed by atoms with Crippen LogP contribution < -0.4 is 0 Å². The first-order valence-corrected chi connectivity index (χ1v) is 3.00. The molecule has 1 rings (SSSR count). The van der Waals surface area contributed by atoms with Crippen molar-refractivity contribution in [2.75, 3.05) is 0 Å². The Morgan fingerprint density at radius 2 is 0.462 bits per heavy atom. The van der Waals surface area contributed by atoms with Crippen LogP contribution in [-0.4, -0.2) is 34.3 Å². The zero-order chi connectivity index (χ0) is 9.46. The van der Waals surface area contributed by atoms with E-state index in [2.05, 4.69) is 0 Å². The standard InChI is InChI=1S/C6H6N6.Cu/c7-1-2(8)4(10)6(12)5(11)3(1)9;/h7-12H;. The van der Waals surface area contributed by atoms with Crippen LogP contribution in [0.1, 0.15) is 0 Å². The molecule has 0 bridgehead atoms. The van der Waals surface area contributed by atoms with Gasteiger partial charge in [-0.05, 0) is 0 Å². The molecule has 13 heavy (non-hydrogen) atoms. The van der Waals surface area contributed by atoms with Crippen molar-refractivity contribution < 1.29 is 17.1 Å². The fraction of sp³-hybridized carbons (Fsp3) is 0.